The van der Waals surface area contributed by atoms with Crippen LogP contribution < -0.4 is 5.73 Å². The number of halogens is 3. The van der Waals surface area contributed by atoms with E-state index in [9.17, 15) is 18.0 Å². The summed E-state index contributed by atoms with van der Waals surface area (Å²) in [6.07, 6.45) is -0.741. The van der Waals surface area contributed by atoms with Gasteiger partial charge in [-0.15, -0.1) is 0 Å². The average Bonchev–Trinajstić information content (AvgIpc) is 2.49. The van der Waals surface area contributed by atoms with Crippen molar-refractivity contribution in [2.24, 2.45) is 11.7 Å². The van der Waals surface area contributed by atoms with Crippen molar-refractivity contribution in [1.29, 1.82) is 0 Å². The molecule has 0 saturated heterocycles. The van der Waals surface area contributed by atoms with Gasteiger partial charge in [-0.2, -0.15) is 13.2 Å². The van der Waals surface area contributed by atoms with Gasteiger partial charge in [0, 0.05) is 19.6 Å². The van der Waals surface area contributed by atoms with Crippen LogP contribution in [0.3, 0.4) is 0 Å². The van der Waals surface area contributed by atoms with Crippen molar-refractivity contribution in [3.8, 4) is 0 Å². The van der Waals surface area contributed by atoms with Gasteiger partial charge in [-0.1, -0.05) is 19.3 Å². The minimum Gasteiger partial charge on any atom is -0.345 e. The van der Waals surface area contributed by atoms with Crippen LogP contribution in [0.4, 0.5) is 13.2 Å². The van der Waals surface area contributed by atoms with E-state index in [-0.39, 0.29) is 24.4 Å². The lowest BCUT2D eigenvalue weighted by molar-refractivity contribution is -0.146. The molecule has 0 aromatic carbocycles. The molecule has 106 valence electrons. The Hall–Kier alpha value is -0.780. The summed E-state index contributed by atoms with van der Waals surface area (Å²) in [5, 5.41) is 0. The van der Waals surface area contributed by atoms with Gasteiger partial charge in [0.15, 0.2) is 0 Å². The first-order valence-corrected chi connectivity index (χ1v) is 6.38. The van der Waals surface area contributed by atoms with Gasteiger partial charge in [0.1, 0.15) is 0 Å². The van der Waals surface area contributed by atoms with Crippen LogP contribution in [-0.4, -0.2) is 36.6 Å². The van der Waals surface area contributed by atoms with Crippen LogP contribution in [0.25, 0.3) is 0 Å². The topological polar surface area (TPSA) is 46.3 Å². The molecule has 1 amide bonds. The molecular weight excluding hydrogens is 245 g/mol. The molecule has 2 N–H and O–H groups in total. The summed E-state index contributed by atoms with van der Waals surface area (Å²) in [5.41, 5.74) is 5.93. The Morgan fingerprint density at radius 3 is 2.50 bits per heavy atom. The first-order chi connectivity index (χ1) is 8.31. The second-order valence-electron chi connectivity index (χ2n) is 5.03. The van der Waals surface area contributed by atoms with Gasteiger partial charge in [-0.25, -0.2) is 0 Å². The van der Waals surface area contributed by atoms with E-state index < -0.39 is 12.6 Å². The standard InChI is InChI=1S/C12H21F3N2O/c1-17(8-7-12(13,14)15)11(18)9-5-3-2-4-6-10(9)16/h9-10H,2-8,16H2,1H3. The van der Waals surface area contributed by atoms with Gasteiger partial charge in [0.2, 0.25) is 5.91 Å². The van der Waals surface area contributed by atoms with Crippen molar-refractivity contribution in [1.82, 2.24) is 4.90 Å². The van der Waals surface area contributed by atoms with Crippen molar-refractivity contribution >= 4 is 5.91 Å². The van der Waals surface area contributed by atoms with Crippen LogP contribution in [0, 0.1) is 5.92 Å². The summed E-state index contributed by atoms with van der Waals surface area (Å²) in [5.74, 6) is -0.556. The third kappa shape index (κ3) is 4.84. The zero-order chi connectivity index (χ0) is 13.8. The SMILES string of the molecule is CN(CCC(F)(F)F)C(=O)C1CCCCCC1N. The zero-order valence-corrected chi connectivity index (χ0v) is 10.7. The number of carbonyl (C=O) groups is 1. The average molecular weight is 266 g/mol. The number of rotatable bonds is 3. The molecule has 0 bridgehead atoms. The highest BCUT2D eigenvalue weighted by Gasteiger charge is 2.32. The fourth-order valence-electron chi connectivity index (χ4n) is 2.33. The molecule has 1 aliphatic rings. The van der Waals surface area contributed by atoms with Crippen LogP contribution in [0.2, 0.25) is 0 Å². The van der Waals surface area contributed by atoms with Gasteiger partial charge in [0.05, 0.1) is 12.3 Å². The lowest BCUT2D eigenvalue weighted by Crippen LogP contribution is -2.43. The summed E-state index contributed by atoms with van der Waals surface area (Å²) >= 11 is 0. The van der Waals surface area contributed by atoms with E-state index in [1.165, 1.54) is 11.9 Å². The molecule has 2 atom stereocenters. The Kier molecular flexibility index (Phi) is 5.44. The number of amides is 1. The largest absolute Gasteiger partial charge is 0.390 e. The van der Waals surface area contributed by atoms with E-state index in [1.807, 2.05) is 0 Å². The summed E-state index contributed by atoms with van der Waals surface area (Å²) in [7, 11) is 1.42. The van der Waals surface area contributed by atoms with Crippen molar-refractivity contribution in [2.45, 2.75) is 50.7 Å². The van der Waals surface area contributed by atoms with Crippen molar-refractivity contribution in [3.63, 3.8) is 0 Å². The molecule has 1 saturated carbocycles. The predicted octanol–water partition coefficient (Wildman–Crippen LogP) is 2.30. The molecular formula is C12H21F3N2O. The first kappa shape index (κ1) is 15.3. The fourth-order valence-corrected chi connectivity index (χ4v) is 2.33. The molecule has 1 fully saturated rings. The molecule has 6 heteroatoms. The van der Waals surface area contributed by atoms with Crippen LogP contribution in [0.15, 0.2) is 0 Å². The molecule has 0 aromatic heterocycles. The normalized spacial score (nSPS) is 25.6. The maximum Gasteiger partial charge on any atom is 0.390 e. The van der Waals surface area contributed by atoms with Gasteiger partial charge < -0.3 is 10.6 Å². The van der Waals surface area contributed by atoms with E-state index in [0.29, 0.717) is 6.42 Å². The number of nitrogens with zero attached hydrogens (tertiary/aromatic N) is 1. The highest BCUT2D eigenvalue weighted by Crippen LogP contribution is 2.25. The first-order valence-electron chi connectivity index (χ1n) is 6.38. The molecule has 0 heterocycles. The molecule has 2 unspecified atom stereocenters. The second-order valence-corrected chi connectivity index (χ2v) is 5.03. The summed E-state index contributed by atoms with van der Waals surface area (Å²) in [6, 6.07) is -0.215. The second kappa shape index (κ2) is 6.41. The maximum atomic E-state index is 12.1. The highest BCUT2D eigenvalue weighted by molar-refractivity contribution is 5.79. The van der Waals surface area contributed by atoms with E-state index in [1.54, 1.807) is 0 Å². The Labute approximate surface area is 106 Å². The fraction of sp³-hybridized carbons (Fsp3) is 0.917. The van der Waals surface area contributed by atoms with E-state index >= 15 is 0 Å². The number of alkyl halides is 3. The number of hydrogen-bond donors (Lipinski definition) is 1. The van der Waals surface area contributed by atoms with Crippen molar-refractivity contribution < 1.29 is 18.0 Å². The van der Waals surface area contributed by atoms with Gasteiger partial charge in [-0.05, 0) is 12.8 Å². The molecule has 3 nitrogen and oxygen atoms in total. The summed E-state index contributed by atoms with van der Waals surface area (Å²) < 4.78 is 36.3. The van der Waals surface area contributed by atoms with E-state index in [4.69, 9.17) is 5.73 Å². The summed E-state index contributed by atoms with van der Waals surface area (Å²) in [6.45, 7) is -0.286. The van der Waals surface area contributed by atoms with Gasteiger partial charge in [-0.3, -0.25) is 4.79 Å². The Morgan fingerprint density at radius 2 is 1.89 bits per heavy atom. The third-order valence-electron chi connectivity index (χ3n) is 3.49. The van der Waals surface area contributed by atoms with Gasteiger partial charge >= 0.3 is 6.18 Å². The van der Waals surface area contributed by atoms with E-state index in [2.05, 4.69) is 0 Å². The number of carbonyl (C=O) groups excluding carboxylic acids is 1. The highest BCUT2D eigenvalue weighted by atomic mass is 19.4. The molecule has 1 rings (SSSR count). The number of hydrogen-bond acceptors (Lipinski definition) is 2. The van der Waals surface area contributed by atoms with Crippen LogP contribution in [-0.2, 0) is 4.79 Å². The molecule has 0 aliphatic heterocycles. The van der Waals surface area contributed by atoms with Crippen molar-refractivity contribution in [2.75, 3.05) is 13.6 Å². The minimum atomic E-state index is -4.22. The van der Waals surface area contributed by atoms with Crippen LogP contribution in [0.1, 0.15) is 38.5 Å². The quantitative estimate of drug-likeness (QED) is 0.797. The lowest BCUT2D eigenvalue weighted by atomic mass is 9.94. The van der Waals surface area contributed by atoms with Crippen LogP contribution >= 0.6 is 0 Å². The van der Waals surface area contributed by atoms with E-state index in [0.717, 1.165) is 25.7 Å². The molecule has 18 heavy (non-hydrogen) atoms. The molecule has 0 aromatic rings. The maximum absolute atomic E-state index is 12.1. The Balaban J connectivity index is 2.51. The smallest absolute Gasteiger partial charge is 0.345 e. The van der Waals surface area contributed by atoms with Crippen LogP contribution in [0.5, 0.6) is 0 Å². The monoisotopic (exact) mass is 266 g/mol. The Morgan fingerprint density at radius 1 is 1.28 bits per heavy atom. The van der Waals surface area contributed by atoms with Crippen molar-refractivity contribution in [3.05, 3.63) is 0 Å². The summed E-state index contributed by atoms with van der Waals surface area (Å²) in [4.78, 5) is 13.2. The molecule has 0 radical (unpaired) electrons. The van der Waals surface area contributed by atoms with Gasteiger partial charge in [0.25, 0.3) is 0 Å². The Bertz CT molecular complexity index is 281. The lowest BCUT2D eigenvalue weighted by Gasteiger charge is -2.26. The number of nitrogens with two attached hydrogens (primary N) is 1. The third-order valence-corrected chi connectivity index (χ3v) is 3.49. The minimum absolute atomic E-state index is 0.215. The molecule has 1 aliphatic carbocycles. The zero-order valence-electron chi connectivity index (χ0n) is 10.7. The predicted molar refractivity (Wildman–Crippen MR) is 62.9 cm³/mol. The molecule has 0 spiro atoms.